The van der Waals surface area contributed by atoms with Gasteiger partial charge in [0.1, 0.15) is 6.61 Å². The third-order valence-corrected chi connectivity index (χ3v) is 2.39. The predicted octanol–water partition coefficient (Wildman–Crippen LogP) is 2.59. The van der Waals surface area contributed by atoms with Crippen LogP contribution in [0.5, 0.6) is 0 Å². The molecule has 0 aromatic heterocycles. The zero-order chi connectivity index (χ0) is 9.84. The average molecular weight is 243 g/mol. The second kappa shape index (κ2) is 4.53. The highest BCUT2D eigenvalue weighted by Gasteiger charge is 2.09. The highest BCUT2D eigenvalue weighted by Crippen LogP contribution is 2.18. The first-order valence-electron chi connectivity index (χ1n) is 3.93. The Labute approximate surface area is 86.0 Å². The predicted molar refractivity (Wildman–Crippen MR) is 55.1 cm³/mol. The Morgan fingerprint density at radius 2 is 2.23 bits per heavy atom. The van der Waals surface area contributed by atoms with Crippen LogP contribution in [0.15, 0.2) is 22.7 Å². The van der Waals surface area contributed by atoms with E-state index in [0.29, 0.717) is 5.56 Å². The number of ketones is 1. The highest BCUT2D eigenvalue weighted by molar-refractivity contribution is 9.10. The maximum atomic E-state index is 11.5. The molecule has 0 amide bonds. The first-order valence-corrected chi connectivity index (χ1v) is 4.72. The molecule has 0 fully saturated rings. The number of carbonyl (C=O) groups is 1. The van der Waals surface area contributed by atoms with E-state index in [1.165, 1.54) is 7.11 Å². The first-order chi connectivity index (χ1) is 6.15. The molecule has 0 N–H and O–H groups in total. The number of Topliss-reactive ketones (excluding diaryl/α,β-unsaturated/α-hetero) is 1. The van der Waals surface area contributed by atoms with Gasteiger partial charge in [-0.25, -0.2) is 0 Å². The normalized spacial score (nSPS) is 10.1. The molecule has 2 nitrogen and oxygen atoms in total. The molecule has 0 spiro atoms. The molecule has 0 bridgehead atoms. The Morgan fingerprint density at radius 1 is 1.54 bits per heavy atom. The Morgan fingerprint density at radius 3 is 2.85 bits per heavy atom. The van der Waals surface area contributed by atoms with Crippen molar-refractivity contribution in [3.05, 3.63) is 33.8 Å². The molecule has 0 aliphatic rings. The summed E-state index contributed by atoms with van der Waals surface area (Å²) in [6.07, 6.45) is 0. The Balaban J connectivity index is 2.99. The molecule has 0 heterocycles. The van der Waals surface area contributed by atoms with Crippen LogP contribution in [0.1, 0.15) is 15.9 Å². The van der Waals surface area contributed by atoms with Crippen molar-refractivity contribution in [1.29, 1.82) is 0 Å². The van der Waals surface area contributed by atoms with Gasteiger partial charge in [0.15, 0.2) is 5.78 Å². The third-order valence-electron chi connectivity index (χ3n) is 1.70. The fourth-order valence-electron chi connectivity index (χ4n) is 1.06. The molecule has 1 rings (SSSR count). The van der Waals surface area contributed by atoms with Crippen molar-refractivity contribution in [2.24, 2.45) is 0 Å². The average Bonchev–Trinajstić information content (AvgIpc) is 2.09. The lowest BCUT2D eigenvalue weighted by atomic mass is 10.1. The molecule has 0 radical (unpaired) electrons. The van der Waals surface area contributed by atoms with Crippen molar-refractivity contribution in [2.45, 2.75) is 6.92 Å². The Hall–Kier alpha value is -0.670. The molecule has 0 saturated carbocycles. The van der Waals surface area contributed by atoms with Crippen molar-refractivity contribution in [3.8, 4) is 0 Å². The number of ether oxygens (including phenoxy) is 1. The lowest BCUT2D eigenvalue weighted by Crippen LogP contribution is -2.07. The van der Waals surface area contributed by atoms with Gasteiger partial charge in [-0.05, 0) is 19.1 Å². The molecule has 0 saturated heterocycles. The summed E-state index contributed by atoms with van der Waals surface area (Å²) in [7, 11) is 1.52. The van der Waals surface area contributed by atoms with Crippen molar-refractivity contribution in [1.82, 2.24) is 0 Å². The minimum absolute atomic E-state index is 0.00178. The van der Waals surface area contributed by atoms with Gasteiger partial charge in [0.25, 0.3) is 0 Å². The van der Waals surface area contributed by atoms with Gasteiger partial charge in [0.2, 0.25) is 0 Å². The van der Waals surface area contributed by atoms with Crippen molar-refractivity contribution in [3.63, 3.8) is 0 Å². The maximum absolute atomic E-state index is 11.5. The van der Waals surface area contributed by atoms with Crippen molar-refractivity contribution < 1.29 is 9.53 Å². The quantitative estimate of drug-likeness (QED) is 0.762. The number of halogens is 1. The number of rotatable bonds is 3. The SMILES string of the molecule is COCC(=O)c1cc(C)ccc1Br. The van der Waals surface area contributed by atoms with Crippen LogP contribution >= 0.6 is 15.9 Å². The van der Waals surface area contributed by atoms with Crippen molar-refractivity contribution in [2.75, 3.05) is 13.7 Å². The van der Waals surface area contributed by atoms with Crippen LogP contribution in [0.25, 0.3) is 0 Å². The Kier molecular flexibility index (Phi) is 3.63. The topological polar surface area (TPSA) is 26.3 Å². The third kappa shape index (κ3) is 2.64. The standard InChI is InChI=1S/C10H11BrO2/c1-7-3-4-9(11)8(5-7)10(12)6-13-2/h3-5H,6H2,1-2H3. The summed E-state index contributed by atoms with van der Waals surface area (Å²) in [5.41, 5.74) is 1.75. The van der Waals surface area contributed by atoms with E-state index in [1.807, 2.05) is 25.1 Å². The molecule has 0 unspecified atom stereocenters. The number of hydrogen-bond donors (Lipinski definition) is 0. The van der Waals surface area contributed by atoms with Gasteiger partial charge in [0.05, 0.1) is 0 Å². The van der Waals surface area contributed by atoms with E-state index in [4.69, 9.17) is 4.74 Å². The monoisotopic (exact) mass is 242 g/mol. The van der Waals surface area contributed by atoms with Gasteiger partial charge < -0.3 is 4.74 Å². The van der Waals surface area contributed by atoms with E-state index in [1.54, 1.807) is 0 Å². The zero-order valence-corrected chi connectivity index (χ0v) is 9.22. The van der Waals surface area contributed by atoms with Gasteiger partial charge in [-0.3, -0.25) is 4.79 Å². The first kappa shape index (κ1) is 10.4. The maximum Gasteiger partial charge on any atom is 0.189 e. The summed E-state index contributed by atoms with van der Waals surface area (Å²) in [6.45, 7) is 2.08. The molecule has 0 aliphatic carbocycles. The molecular weight excluding hydrogens is 232 g/mol. The molecule has 1 aromatic carbocycles. The lowest BCUT2D eigenvalue weighted by Gasteiger charge is -2.03. The van der Waals surface area contributed by atoms with Gasteiger partial charge in [-0.15, -0.1) is 0 Å². The fraction of sp³-hybridized carbons (Fsp3) is 0.300. The second-order valence-electron chi connectivity index (χ2n) is 2.84. The summed E-state index contributed by atoms with van der Waals surface area (Å²) < 4.78 is 5.60. The van der Waals surface area contributed by atoms with Crippen LogP contribution in [-0.4, -0.2) is 19.5 Å². The number of hydrogen-bond acceptors (Lipinski definition) is 2. The van der Waals surface area contributed by atoms with E-state index in [9.17, 15) is 4.79 Å². The smallest absolute Gasteiger partial charge is 0.189 e. The van der Waals surface area contributed by atoms with Crippen LogP contribution in [0, 0.1) is 6.92 Å². The van der Waals surface area contributed by atoms with Crippen LogP contribution in [0.2, 0.25) is 0 Å². The van der Waals surface area contributed by atoms with Gasteiger partial charge in [-0.2, -0.15) is 0 Å². The van der Waals surface area contributed by atoms with Gasteiger partial charge >= 0.3 is 0 Å². The molecule has 3 heteroatoms. The van der Waals surface area contributed by atoms with E-state index in [2.05, 4.69) is 15.9 Å². The van der Waals surface area contributed by atoms with Gasteiger partial charge in [-0.1, -0.05) is 27.6 Å². The summed E-state index contributed by atoms with van der Waals surface area (Å²) >= 11 is 3.32. The second-order valence-corrected chi connectivity index (χ2v) is 3.69. The molecule has 0 aliphatic heterocycles. The Bertz CT molecular complexity index is 321. The van der Waals surface area contributed by atoms with Crippen LogP contribution in [0.4, 0.5) is 0 Å². The van der Waals surface area contributed by atoms with E-state index >= 15 is 0 Å². The largest absolute Gasteiger partial charge is 0.377 e. The summed E-state index contributed by atoms with van der Waals surface area (Å²) in [5.74, 6) is -0.00178. The molecule has 0 atom stereocenters. The number of aryl methyl sites for hydroxylation is 1. The van der Waals surface area contributed by atoms with Crippen molar-refractivity contribution >= 4 is 21.7 Å². The summed E-state index contributed by atoms with van der Waals surface area (Å²) in [5, 5.41) is 0. The van der Waals surface area contributed by atoms with E-state index < -0.39 is 0 Å². The zero-order valence-electron chi connectivity index (χ0n) is 7.63. The molecular formula is C10H11BrO2. The summed E-state index contributed by atoms with van der Waals surface area (Å²) in [4.78, 5) is 11.5. The fourth-order valence-corrected chi connectivity index (χ4v) is 1.53. The number of methoxy groups -OCH3 is 1. The minimum Gasteiger partial charge on any atom is -0.377 e. The van der Waals surface area contributed by atoms with Crippen LogP contribution < -0.4 is 0 Å². The molecule has 1 aromatic rings. The molecule has 13 heavy (non-hydrogen) atoms. The minimum atomic E-state index is -0.00178. The highest BCUT2D eigenvalue weighted by atomic mass is 79.9. The van der Waals surface area contributed by atoms with E-state index in [0.717, 1.165) is 10.0 Å². The lowest BCUT2D eigenvalue weighted by molar-refractivity contribution is 0.0847. The number of benzene rings is 1. The van der Waals surface area contributed by atoms with Gasteiger partial charge in [0, 0.05) is 17.1 Å². The number of carbonyl (C=O) groups excluding carboxylic acids is 1. The van der Waals surface area contributed by atoms with E-state index in [-0.39, 0.29) is 12.4 Å². The molecule has 70 valence electrons. The van der Waals surface area contributed by atoms with Crippen LogP contribution in [0.3, 0.4) is 0 Å². The van der Waals surface area contributed by atoms with Crippen LogP contribution in [-0.2, 0) is 4.74 Å². The summed E-state index contributed by atoms with van der Waals surface area (Å²) in [6, 6.07) is 5.68.